The minimum absolute atomic E-state index is 0.0967. The number of rotatable bonds is 5. The van der Waals surface area contributed by atoms with E-state index in [9.17, 15) is 13.2 Å². The van der Waals surface area contributed by atoms with Crippen LogP contribution >= 0.6 is 0 Å². The molecule has 120 valence electrons. The van der Waals surface area contributed by atoms with Gasteiger partial charge in [0.15, 0.2) is 0 Å². The Labute approximate surface area is 134 Å². The van der Waals surface area contributed by atoms with Crippen molar-refractivity contribution >= 4 is 22.2 Å². The van der Waals surface area contributed by atoms with Crippen LogP contribution in [0.3, 0.4) is 0 Å². The minimum Gasteiger partial charge on any atom is -0.379 e. The molecule has 0 aliphatic carbocycles. The molecule has 6 nitrogen and oxygen atoms in total. The molecule has 2 aromatic rings. The number of amides is 1. The van der Waals surface area contributed by atoms with Gasteiger partial charge >= 0.3 is 10.1 Å². The van der Waals surface area contributed by atoms with E-state index >= 15 is 0 Å². The van der Waals surface area contributed by atoms with Crippen LogP contribution in [0.2, 0.25) is 0 Å². The smallest absolute Gasteiger partial charge is 0.339 e. The van der Waals surface area contributed by atoms with E-state index in [4.69, 9.17) is 4.18 Å². The maximum absolute atomic E-state index is 12.1. The lowest BCUT2D eigenvalue weighted by molar-refractivity contribution is -0.118. The summed E-state index contributed by atoms with van der Waals surface area (Å²) < 4.78 is 29.4. The van der Waals surface area contributed by atoms with Crippen molar-refractivity contribution in [2.75, 3.05) is 0 Å². The second-order valence-corrected chi connectivity index (χ2v) is 6.39. The van der Waals surface area contributed by atoms with Crippen molar-refractivity contribution in [3.8, 4) is 5.75 Å². The fourth-order valence-corrected chi connectivity index (χ4v) is 2.62. The number of carbonyl (C=O) groups excluding carboxylic acids is 1. The number of carbonyl (C=O) groups is 1. The summed E-state index contributed by atoms with van der Waals surface area (Å²) in [5, 5.41) is 3.72. The Balaban J connectivity index is 2.09. The van der Waals surface area contributed by atoms with E-state index in [0.717, 1.165) is 5.56 Å². The molecule has 0 saturated carbocycles. The maximum Gasteiger partial charge on any atom is 0.339 e. The average molecular weight is 332 g/mol. The predicted octanol–water partition coefficient (Wildman–Crippen LogP) is 2.23. The van der Waals surface area contributed by atoms with Gasteiger partial charge in [-0.2, -0.15) is 13.5 Å². The molecule has 0 unspecified atom stereocenters. The van der Waals surface area contributed by atoms with Crippen LogP contribution in [-0.4, -0.2) is 20.5 Å². The summed E-state index contributed by atoms with van der Waals surface area (Å²) in [6.45, 7) is 3.22. The first kappa shape index (κ1) is 16.7. The predicted molar refractivity (Wildman–Crippen MR) is 86.8 cm³/mol. The summed E-state index contributed by atoms with van der Waals surface area (Å²) in [7, 11) is -3.86. The van der Waals surface area contributed by atoms with E-state index in [-0.39, 0.29) is 16.6 Å². The van der Waals surface area contributed by atoms with Crippen molar-refractivity contribution in [2.45, 2.75) is 18.7 Å². The molecular formula is C16H16N2O4S. The van der Waals surface area contributed by atoms with Crippen LogP contribution in [0.1, 0.15) is 18.1 Å². The zero-order valence-corrected chi connectivity index (χ0v) is 13.5. The first-order valence-electron chi connectivity index (χ1n) is 6.78. The lowest BCUT2D eigenvalue weighted by Gasteiger charge is -2.07. The van der Waals surface area contributed by atoms with Crippen LogP contribution < -0.4 is 9.61 Å². The van der Waals surface area contributed by atoms with Gasteiger partial charge in [0.2, 0.25) is 5.91 Å². The van der Waals surface area contributed by atoms with Crippen molar-refractivity contribution in [1.29, 1.82) is 0 Å². The Kier molecular flexibility index (Phi) is 5.13. The SMILES string of the molecule is CC(=O)NN=Cc1ccc(OS(=O)(=O)c2ccc(C)cc2)cc1. The molecule has 0 bridgehead atoms. The van der Waals surface area contributed by atoms with Crippen LogP contribution in [0.15, 0.2) is 58.5 Å². The first-order valence-corrected chi connectivity index (χ1v) is 8.18. The highest BCUT2D eigenvalue weighted by molar-refractivity contribution is 7.87. The molecule has 7 heteroatoms. The third-order valence-corrected chi connectivity index (χ3v) is 4.09. The first-order chi connectivity index (χ1) is 10.9. The number of hydrogen-bond donors (Lipinski definition) is 1. The van der Waals surface area contributed by atoms with Crippen molar-refractivity contribution in [3.63, 3.8) is 0 Å². The van der Waals surface area contributed by atoms with Crippen molar-refractivity contribution < 1.29 is 17.4 Å². The average Bonchev–Trinajstić information content (AvgIpc) is 2.49. The number of nitrogens with one attached hydrogen (secondary N) is 1. The molecule has 0 fully saturated rings. The third kappa shape index (κ3) is 4.93. The fourth-order valence-electron chi connectivity index (χ4n) is 1.69. The van der Waals surface area contributed by atoms with Crippen molar-refractivity contribution in [3.05, 3.63) is 59.7 Å². The van der Waals surface area contributed by atoms with E-state index in [1.807, 2.05) is 6.92 Å². The number of nitrogens with zero attached hydrogens (tertiary/aromatic N) is 1. The van der Waals surface area contributed by atoms with Crippen LogP contribution in [0.4, 0.5) is 0 Å². The van der Waals surface area contributed by atoms with E-state index in [2.05, 4.69) is 10.5 Å². The van der Waals surface area contributed by atoms with Crippen LogP contribution in [-0.2, 0) is 14.9 Å². The molecule has 0 aromatic heterocycles. The van der Waals surface area contributed by atoms with Gasteiger partial charge in [0.05, 0.1) is 6.21 Å². The molecule has 0 atom stereocenters. The monoisotopic (exact) mass is 332 g/mol. The molecular weight excluding hydrogens is 316 g/mol. The zero-order chi connectivity index (χ0) is 16.9. The van der Waals surface area contributed by atoms with E-state index in [0.29, 0.717) is 5.56 Å². The third-order valence-electron chi connectivity index (χ3n) is 2.83. The van der Waals surface area contributed by atoms with Gasteiger partial charge in [-0.25, -0.2) is 5.43 Å². The Morgan fingerprint density at radius 2 is 1.70 bits per heavy atom. The number of aryl methyl sites for hydroxylation is 1. The van der Waals surface area contributed by atoms with Crippen LogP contribution in [0.25, 0.3) is 0 Å². The molecule has 0 radical (unpaired) electrons. The Bertz CT molecular complexity index is 810. The molecule has 0 saturated heterocycles. The van der Waals surface area contributed by atoms with Gasteiger partial charge in [-0.3, -0.25) is 4.79 Å². The summed E-state index contributed by atoms with van der Waals surface area (Å²) in [6, 6.07) is 12.7. The van der Waals surface area contributed by atoms with Gasteiger partial charge in [0.1, 0.15) is 10.6 Å². The van der Waals surface area contributed by atoms with Gasteiger partial charge < -0.3 is 4.18 Å². The maximum atomic E-state index is 12.1. The van der Waals surface area contributed by atoms with Gasteiger partial charge in [-0.05, 0) is 48.9 Å². The fraction of sp³-hybridized carbons (Fsp3) is 0.125. The minimum atomic E-state index is -3.86. The zero-order valence-electron chi connectivity index (χ0n) is 12.7. The second kappa shape index (κ2) is 7.06. The van der Waals surface area contributed by atoms with Gasteiger partial charge in [-0.1, -0.05) is 17.7 Å². The molecule has 23 heavy (non-hydrogen) atoms. The van der Waals surface area contributed by atoms with Gasteiger partial charge in [-0.15, -0.1) is 0 Å². The molecule has 2 aromatic carbocycles. The number of benzene rings is 2. The molecule has 0 heterocycles. The standard InChI is InChI=1S/C16H16N2O4S/c1-12-3-9-16(10-4-12)23(20,21)22-15-7-5-14(6-8-15)11-17-18-13(2)19/h3-11H,1-2H3,(H,18,19). The summed E-state index contributed by atoms with van der Waals surface area (Å²) in [5.74, 6) is -0.0763. The highest BCUT2D eigenvalue weighted by Crippen LogP contribution is 2.19. The summed E-state index contributed by atoms with van der Waals surface area (Å²) in [4.78, 5) is 10.8. The Hall–Kier alpha value is -2.67. The number of hydrazone groups is 1. The Morgan fingerprint density at radius 3 is 2.26 bits per heavy atom. The van der Waals surface area contributed by atoms with Crippen LogP contribution in [0, 0.1) is 6.92 Å². The highest BCUT2D eigenvalue weighted by Gasteiger charge is 2.16. The molecule has 1 amide bonds. The van der Waals surface area contributed by atoms with Crippen LogP contribution in [0.5, 0.6) is 5.75 Å². The molecule has 0 aliphatic heterocycles. The summed E-state index contributed by atoms with van der Waals surface area (Å²) in [6.07, 6.45) is 1.44. The molecule has 0 aliphatic rings. The lowest BCUT2D eigenvalue weighted by atomic mass is 10.2. The molecule has 1 N–H and O–H groups in total. The largest absolute Gasteiger partial charge is 0.379 e. The van der Waals surface area contributed by atoms with E-state index < -0.39 is 10.1 Å². The number of hydrogen-bond acceptors (Lipinski definition) is 5. The van der Waals surface area contributed by atoms with Crippen molar-refractivity contribution in [1.82, 2.24) is 5.43 Å². The topological polar surface area (TPSA) is 84.8 Å². The molecule has 0 spiro atoms. The van der Waals surface area contributed by atoms with Crippen molar-refractivity contribution in [2.24, 2.45) is 5.10 Å². The Morgan fingerprint density at radius 1 is 1.09 bits per heavy atom. The van der Waals surface area contributed by atoms with E-state index in [1.54, 1.807) is 24.3 Å². The normalized spacial score (nSPS) is 11.4. The van der Waals surface area contributed by atoms with E-state index in [1.165, 1.54) is 37.4 Å². The lowest BCUT2D eigenvalue weighted by Crippen LogP contribution is -2.12. The molecule has 2 rings (SSSR count). The summed E-state index contributed by atoms with van der Waals surface area (Å²) >= 11 is 0. The summed E-state index contributed by atoms with van der Waals surface area (Å²) in [5.41, 5.74) is 3.93. The van der Waals surface area contributed by atoms with Gasteiger partial charge in [0, 0.05) is 6.92 Å². The van der Waals surface area contributed by atoms with Gasteiger partial charge in [0.25, 0.3) is 0 Å². The second-order valence-electron chi connectivity index (χ2n) is 4.85. The highest BCUT2D eigenvalue weighted by atomic mass is 32.2. The quantitative estimate of drug-likeness (QED) is 0.517.